The van der Waals surface area contributed by atoms with Crippen LogP contribution in [0.4, 0.5) is 5.69 Å². The summed E-state index contributed by atoms with van der Waals surface area (Å²) >= 11 is 7.79. The average Bonchev–Trinajstić information content (AvgIpc) is 2.65. The Bertz CT molecular complexity index is 730. The minimum Gasteiger partial charge on any atom is -0.368 e. The number of nitrogens with one attached hydrogen (secondary N) is 2. The van der Waals surface area contributed by atoms with Crippen molar-refractivity contribution in [2.45, 2.75) is 28.2 Å². The number of amides is 1. The minimum absolute atomic E-state index is 0.0805. The van der Waals surface area contributed by atoms with E-state index in [1.807, 2.05) is 48.5 Å². The molecule has 25 heavy (non-hydrogen) atoms. The van der Waals surface area contributed by atoms with E-state index < -0.39 is 5.60 Å². The van der Waals surface area contributed by atoms with Gasteiger partial charge in [0, 0.05) is 22.6 Å². The van der Waals surface area contributed by atoms with Gasteiger partial charge in [-0.2, -0.15) is 0 Å². The molecule has 3 rings (SSSR count). The fourth-order valence-corrected chi connectivity index (χ4v) is 3.95. The van der Waals surface area contributed by atoms with Crippen molar-refractivity contribution in [2.24, 2.45) is 0 Å². The lowest BCUT2D eigenvalue weighted by molar-refractivity contribution is -0.140. The van der Waals surface area contributed by atoms with E-state index in [9.17, 15) is 4.79 Å². The van der Waals surface area contributed by atoms with Crippen LogP contribution in [0, 0.1) is 0 Å². The standard InChI is InChI=1S/C19H21ClN2O2S/c1-24-19(10-12-21-13-11-19)18(23)22-14-6-8-15(9-7-14)25-17-5-3-2-4-16(17)20/h2-9,21H,10-13H2,1H3,(H,22,23). The molecule has 2 N–H and O–H groups in total. The average molecular weight is 377 g/mol. The number of halogens is 1. The first-order valence-corrected chi connectivity index (χ1v) is 9.42. The molecule has 0 radical (unpaired) electrons. The Morgan fingerprint density at radius 1 is 1.16 bits per heavy atom. The van der Waals surface area contributed by atoms with Crippen molar-refractivity contribution in [3.8, 4) is 0 Å². The van der Waals surface area contributed by atoms with Gasteiger partial charge in [-0.25, -0.2) is 0 Å². The Balaban J connectivity index is 1.66. The highest BCUT2D eigenvalue weighted by Crippen LogP contribution is 2.33. The lowest BCUT2D eigenvalue weighted by Crippen LogP contribution is -2.51. The van der Waals surface area contributed by atoms with Gasteiger partial charge in [-0.1, -0.05) is 35.5 Å². The lowest BCUT2D eigenvalue weighted by atomic mass is 9.91. The van der Waals surface area contributed by atoms with Crippen LogP contribution >= 0.6 is 23.4 Å². The van der Waals surface area contributed by atoms with E-state index in [2.05, 4.69) is 10.6 Å². The first-order chi connectivity index (χ1) is 12.1. The second-order valence-electron chi connectivity index (χ2n) is 5.96. The number of methoxy groups -OCH3 is 1. The predicted molar refractivity (Wildman–Crippen MR) is 102 cm³/mol. The minimum atomic E-state index is -0.740. The van der Waals surface area contributed by atoms with Crippen LogP contribution in [-0.2, 0) is 9.53 Å². The van der Waals surface area contributed by atoms with E-state index in [0.29, 0.717) is 12.8 Å². The summed E-state index contributed by atoms with van der Waals surface area (Å²) in [7, 11) is 1.61. The van der Waals surface area contributed by atoms with Crippen molar-refractivity contribution in [3.05, 3.63) is 53.6 Å². The summed E-state index contributed by atoms with van der Waals surface area (Å²) in [4.78, 5) is 14.7. The Labute approximate surface area is 157 Å². The van der Waals surface area contributed by atoms with Gasteiger partial charge in [-0.15, -0.1) is 0 Å². The summed E-state index contributed by atoms with van der Waals surface area (Å²) in [6.45, 7) is 1.57. The van der Waals surface area contributed by atoms with Crippen molar-refractivity contribution < 1.29 is 9.53 Å². The van der Waals surface area contributed by atoms with Gasteiger partial charge in [-0.3, -0.25) is 4.79 Å². The van der Waals surface area contributed by atoms with Crippen molar-refractivity contribution in [3.63, 3.8) is 0 Å². The van der Waals surface area contributed by atoms with Crippen molar-refractivity contribution in [1.29, 1.82) is 0 Å². The van der Waals surface area contributed by atoms with Gasteiger partial charge in [0.05, 0.1) is 5.02 Å². The van der Waals surface area contributed by atoms with Crippen LogP contribution in [0.15, 0.2) is 58.3 Å². The molecule has 6 heteroatoms. The van der Waals surface area contributed by atoms with Crippen LogP contribution in [0.25, 0.3) is 0 Å². The Kier molecular flexibility index (Phi) is 6.02. The van der Waals surface area contributed by atoms with Gasteiger partial charge in [-0.05, 0) is 62.3 Å². The summed E-state index contributed by atoms with van der Waals surface area (Å²) in [5.41, 5.74) is 0.0273. The normalized spacial score (nSPS) is 16.4. The van der Waals surface area contributed by atoms with Crippen molar-refractivity contribution in [1.82, 2.24) is 5.32 Å². The highest BCUT2D eigenvalue weighted by Gasteiger charge is 2.39. The summed E-state index contributed by atoms with van der Waals surface area (Å²) in [6.07, 6.45) is 1.35. The van der Waals surface area contributed by atoms with Gasteiger partial charge in [0.1, 0.15) is 5.60 Å². The van der Waals surface area contributed by atoms with Crippen LogP contribution in [0.1, 0.15) is 12.8 Å². The molecule has 0 atom stereocenters. The fourth-order valence-electron chi connectivity index (χ4n) is 2.86. The van der Waals surface area contributed by atoms with E-state index in [1.54, 1.807) is 18.9 Å². The zero-order valence-corrected chi connectivity index (χ0v) is 15.6. The molecule has 0 bridgehead atoms. The zero-order chi connectivity index (χ0) is 17.7. The molecule has 132 valence electrons. The van der Waals surface area contributed by atoms with Crippen molar-refractivity contribution in [2.75, 3.05) is 25.5 Å². The number of ether oxygens (including phenoxy) is 1. The van der Waals surface area contributed by atoms with Gasteiger partial charge < -0.3 is 15.4 Å². The second kappa shape index (κ2) is 8.23. The number of hydrogen-bond acceptors (Lipinski definition) is 4. The molecule has 2 aromatic carbocycles. The van der Waals surface area contributed by atoms with Crippen LogP contribution in [-0.4, -0.2) is 31.7 Å². The number of rotatable bonds is 5. The quantitative estimate of drug-likeness (QED) is 0.821. The summed E-state index contributed by atoms with van der Waals surface area (Å²) < 4.78 is 5.56. The largest absolute Gasteiger partial charge is 0.368 e. The smallest absolute Gasteiger partial charge is 0.256 e. The summed E-state index contributed by atoms with van der Waals surface area (Å²) in [5, 5.41) is 6.97. The maximum atomic E-state index is 12.7. The molecule has 0 saturated carbocycles. The molecule has 2 aromatic rings. The molecule has 1 saturated heterocycles. The van der Waals surface area contributed by atoms with Crippen LogP contribution in [0.5, 0.6) is 0 Å². The number of hydrogen-bond donors (Lipinski definition) is 2. The fraction of sp³-hybridized carbons (Fsp3) is 0.316. The highest BCUT2D eigenvalue weighted by atomic mass is 35.5. The zero-order valence-electron chi connectivity index (χ0n) is 14.0. The number of carbonyl (C=O) groups excluding carboxylic acids is 1. The summed E-state index contributed by atoms with van der Waals surface area (Å²) in [5.74, 6) is -0.0805. The monoisotopic (exact) mass is 376 g/mol. The Morgan fingerprint density at radius 3 is 2.48 bits per heavy atom. The predicted octanol–water partition coefficient (Wildman–Crippen LogP) is 4.20. The van der Waals surface area contributed by atoms with Gasteiger partial charge in [0.15, 0.2) is 0 Å². The first-order valence-electron chi connectivity index (χ1n) is 8.23. The van der Waals surface area contributed by atoms with Crippen LogP contribution in [0.2, 0.25) is 5.02 Å². The number of piperidine rings is 1. The van der Waals surface area contributed by atoms with E-state index in [4.69, 9.17) is 16.3 Å². The van der Waals surface area contributed by atoms with Gasteiger partial charge >= 0.3 is 0 Å². The maximum Gasteiger partial charge on any atom is 0.256 e. The molecular weight excluding hydrogens is 356 g/mol. The molecule has 0 aliphatic carbocycles. The molecule has 1 heterocycles. The van der Waals surface area contributed by atoms with E-state index in [0.717, 1.165) is 33.6 Å². The number of carbonyl (C=O) groups is 1. The molecule has 0 aromatic heterocycles. The third-order valence-corrected chi connectivity index (χ3v) is 5.92. The first kappa shape index (κ1) is 18.3. The van der Waals surface area contributed by atoms with E-state index in [-0.39, 0.29) is 5.91 Å². The Morgan fingerprint density at radius 2 is 1.84 bits per heavy atom. The van der Waals surface area contributed by atoms with Gasteiger partial charge in [0.25, 0.3) is 5.91 Å². The van der Waals surface area contributed by atoms with Crippen molar-refractivity contribution >= 4 is 35.0 Å². The number of benzene rings is 2. The third-order valence-electron chi connectivity index (χ3n) is 4.39. The number of anilines is 1. The van der Waals surface area contributed by atoms with Crippen LogP contribution < -0.4 is 10.6 Å². The SMILES string of the molecule is COC1(C(=O)Nc2ccc(Sc3ccccc3Cl)cc2)CCNCC1. The lowest BCUT2D eigenvalue weighted by Gasteiger charge is -2.34. The highest BCUT2D eigenvalue weighted by molar-refractivity contribution is 7.99. The second-order valence-corrected chi connectivity index (χ2v) is 7.48. The molecule has 4 nitrogen and oxygen atoms in total. The van der Waals surface area contributed by atoms with Crippen LogP contribution in [0.3, 0.4) is 0 Å². The molecule has 1 amide bonds. The Hall–Kier alpha value is -1.53. The third kappa shape index (κ3) is 4.36. The van der Waals surface area contributed by atoms with Gasteiger partial charge in [0.2, 0.25) is 0 Å². The summed E-state index contributed by atoms with van der Waals surface area (Å²) in [6, 6.07) is 15.5. The molecular formula is C19H21ClN2O2S. The van der Waals surface area contributed by atoms with E-state index in [1.165, 1.54) is 0 Å². The molecule has 0 unspecified atom stereocenters. The topological polar surface area (TPSA) is 50.4 Å². The molecule has 1 aliphatic rings. The molecule has 1 aliphatic heterocycles. The maximum absolute atomic E-state index is 12.7. The molecule has 0 spiro atoms. The molecule has 1 fully saturated rings. The van der Waals surface area contributed by atoms with E-state index >= 15 is 0 Å².